The van der Waals surface area contributed by atoms with E-state index in [0.717, 1.165) is 0 Å². The molecule has 0 atom stereocenters. The highest BCUT2D eigenvalue weighted by molar-refractivity contribution is 8.18. The van der Waals surface area contributed by atoms with E-state index in [1.54, 1.807) is 44.3 Å². The number of rotatable bonds is 8. The van der Waals surface area contributed by atoms with Gasteiger partial charge in [-0.15, -0.1) is 0 Å². The number of carboxylic acid groups (broad SMARTS) is 1. The molecule has 1 aliphatic heterocycles. The largest absolute Gasteiger partial charge is 0.493 e. The zero-order valence-electron chi connectivity index (χ0n) is 18.5. The summed E-state index contributed by atoms with van der Waals surface area (Å²) in [7, 11) is 3.03. The van der Waals surface area contributed by atoms with Gasteiger partial charge in [0.2, 0.25) is 0 Å². The minimum atomic E-state index is -1.03. The Bertz CT molecular complexity index is 1180. The van der Waals surface area contributed by atoms with Crippen LogP contribution in [0, 0.1) is 0 Å². The van der Waals surface area contributed by atoms with Gasteiger partial charge in [-0.3, -0.25) is 9.69 Å². The lowest BCUT2D eigenvalue weighted by Gasteiger charge is -2.13. The average Bonchev–Trinajstić information content (AvgIpc) is 3.06. The second-order valence-corrected chi connectivity index (χ2v) is 8.27. The second-order valence-electron chi connectivity index (χ2n) is 6.85. The standard InChI is InChI=1S/C23H21ClN2O7S/c1-4-32-19(27)12-33-20-16(24)9-13(10-17(20)31-3)11-18-21(28)26(2)23(34-18)25-15-7-5-14(6-8-15)22(29)30/h5-11H,4,12H2,1-3H3,(H,29,30)/b18-11-,25-23?. The van der Waals surface area contributed by atoms with Gasteiger partial charge >= 0.3 is 11.9 Å². The summed E-state index contributed by atoms with van der Waals surface area (Å²) in [5, 5.41) is 9.65. The summed E-state index contributed by atoms with van der Waals surface area (Å²) in [6.07, 6.45) is 1.64. The molecular formula is C23H21ClN2O7S. The van der Waals surface area contributed by atoms with Crippen LogP contribution >= 0.6 is 23.4 Å². The average molecular weight is 505 g/mol. The van der Waals surface area contributed by atoms with Crippen LogP contribution in [0.25, 0.3) is 6.08 Å². The molecule has 0 aliphatic carbocycles. The second kappa shape index (κ2) is 11.1. The Labute approximate surface area is 205 Å². The van der Waals surface area contributed by atoms with Crippen molar-refractivity contribution in [3.63, 3.8) is 0 Å². The molecule has 1 aliphatic rings. The molecule has 0 aromatic heterocycles. The van der Waals surface area contributed by atoms with Crippen LogP contribution in [0.5, 0.6) is 11.5 Å². The predicted molar refractivity (Wildman–Crippen MR) is 129 cm³/mol. The third kappa shape index (κ3) is 5.89. The fourth-order valence-electron chi connectivity index (χ4n) is 2.89. The van der Waals surface area contributed by atoms with E-state index >= 15 is 0 Å². The van der Waals surface area contributed by atoms with Crippen molar-refractivity contribution in [1.82, 2.24) is 4.90 Å². The maximum absolute atomic E-state index is 12.7. The summed E-state index contributed by atoms with van der Waals surface area (Å²) in [5.41, 5.74) is 1.25. The van der Waals surface area contributed by atoms with Crippen LogP contribution in [-0.4, -0.2) is 60.4 Å². The Morgan fingerprint density at radius 2 is 1.94 bits per heavy atom. The van der Waals surface area contributed by atoms with Crippen molar-refractivity contribution in [2.75, 3.05) is 27.4 Å². The molecule has 34 heavy (non-hydrogen) atoms. The summed E-state index contributed by atoms with van der Waals surface area (Å²) >= 11 is 7.51. The number of ether oxygens (including phenoxy) is 3. The Morgan fingerprint density at radius 1 is 1.24 bits per heavy atom. The fraction of sp³-hybridized carbons (Fsp3) is 0.217. The minimum Gasteiger partial charge on any atom is -0.493 e. The van der Waals surface area contributed by atoms with Gasteiger partial charge in [-0.1, -0.05) is 11.6 Å². The quantitative estimate of drug-likeness (QED) is 0.419. The number of amides is 1. The van der Waals surface area contributed by atoms with E-state index in [0.29, 0.717) is 27.1 Å². The topological polar surface area (TPSA) is 115 Å². The number of carbonyl (C=O) groups excluding carboxylic acids is 2. The van der Waals surface area contributed by atoms with E-state index in [9.17, 15) is 14.4 Å². The molecule has 0 bridgehead atoms. The molecule has 1 saturated heterocycles. The van der Waals surface area contributed by atoms with Crippen molar-refractivity contribution in [3.05, 3.63) is 57.5 Å². The van der Waals surface area contributed by atoms with E-state index in [1.165, 1.54) is 35.9 Å². The summed E-state index contributed by atoms with van der Waals surface area (Å²) in [5.74, 6) is -1.34. The monoisotopic (exact) mass is 504 g/mol. The van der Waals surface area contributed by atoms with Gasteiger partial charge < -0.3 is 19.3 Å². The number of halogens is 1. The molecule has 0 radical (unpaired) electrons. The number of benzene rings is 2. The lowest BCUT2D eigenvalue weighted by Crippen LogP contribution is -2.23. The highest BCUT2D eigenvalue weighted by atomic mass is 35.5. The minimum absolute atomic E-state index is 0.147. The van der Waals surface area contributed by atoms with E-state index in [4.69, 9.17) is 30.9 Å². The molecule has 0 unspecified atom stereocenters. The van der Waals surface area contributed by atoms with Crippen LogP contribution in [0.15, 0.2) is 46.3 Å². The number of hydrogen-bond acceptors (Lipinski definition) is 8. The highest BCUT2D eigenvalue weighted by Gasteiger charge is 2.30. The molecule has 3 rings (SSSR count). The number of aliphatic imine (C=N–C) groups is 1. The van der Waals surface area contributed by atoms with Gasteiger partial charge in [0.05, 0.1) is 34.9 Å². The lowest BCUT2D eigenvalue weighted by molar-refractivity contribution is -0.145. The smallest absolute Gasteiger partial charge is 0.344 e. The number of carboxylic acids is 1. The molecule has 11 heteroatoms. The number of aromatic carboxylic acids is 1. The van der Waals surface area contributed by atoms with Crippen molar-refractivity contribution in [2.45, 2.75) is 6.92 Å². The zero-order valence-corrected chi connectivity index (χ0v) is 20.1. The van der Waals surface area contributed by atoms with Crippen molar-refractivity contribution in [2.24, 2.45) is 4.99 Å². The number of methoxy groups -OCH3 is 1. The van der Waals surface area contributed by atoms with Gasteiger partial charge in [-0.05, 0) is 66.7 Å². The lowest BCUT2D eigenvalue weighted by atomic mass is 10.2. The third-order valence-corrected chi connectivity index (χ3v) is 5.87. The Balaban J connectivity index is 1.83. The van der Waals surface area contributed by atoms with Crippen molar-refractivity contribution < 1.29 is 33.7 Å². The van der Waals surface area contributed by atoms with E-state index in [-0.39, 0.29) is 35.5 Å². The van der Waals surface area contributed by atoms with Gasteiger partial charge in [-0.2, -0.15) is 0 Å². The molecule has 9 nitrogen and oxygen atoms in total. The van der Waals surface area contributed by atoms with E-state index in [1.807, 2.05) is 0 Å². The van der Waals surface area contributed by atoms with Crippen LogP contribution in [0.3, 0.4) is 0 Å². The SMILES string of the molecule is CCOC(=O)COc1c(Cl)cc(/C=C2\SC(=Nc3ccc(C(=O)O)cc3)N(C)C2=O)cc1OC. The zero-order chi connectivity index (χ0) is 24.8. The van der Waals surface area contributed by atoms with Crippen molar-refractivity contribution >= 4 is 58.1 Å². The third-order valence-electron chi connectivity index (χ3n) is 4.53. The van der Waals surface area contributed by atoms with Crippen LogP contribution in [0.4, 0.5) is 5.69 Å². The maximum atomic E-state index is 12.7. The summed E-state index contributed by atoms with van der Waals surface area (Å²) < 4.78 is 15.6. The van der Waals surface area contributed by atoms with Crippen molar-refractivity contribution in [1.29, 1.82) is 0 Å². The molecule has 1 amide bonds. The first-order chi connectivity index (χ1) is 16.2. The van der Waals surface area contributed by atoms with Crippen LogP contribution in [0.1, 0.15) is 22.8 Å². The molecule has 1 fully saturated rings. The van der Waals surface area contributed by atoms with Crippen LogP contribution in [-0.2, 0) is 14.3 Å². The van der Waals surface area contributed by atoms with Gasteiger partial charge in [0.1, 0.15) is 0 Å². The molecule has 2 aromatic rings. The van der Waals surface area contributed by atoms with Gasteiger partial charge in [0.15, 0.2) is 23.3 Å². The summed E-state index contributed by atoms with van der Waals surface area (Å²) in [6.45, 7) is 1.61. The molecule has 0 spiro atoms. The molecule has 2 aromatic carbocycles. The number of esters is 1. The first-order valence-electron chi connectivity index (χ1n) is 9.99. The van der Waals surface area contributed by atoms with Gasteiger partial charge in [0, 0.05) is 7.05 Å². The Kier molecular flexibility index (Phi) is 8.19. The van der Waals surface area contributed by atoms with E-state index in [2.05, 4.69) is 4.99 Å². The molecule has 178 valence electrons. The van der Waals surface area contributed by atoms with Gasteiger partial charge in [-0.25, -0.2) is 14.6 Å². The normalized spacial score (nSPS) is 15.6. The molecule has 0 saturated carbocycles. The highest BCUT2D eigenvalue weighted by Crippen LogP contribution is 2.39. The summed E-state index contributed by atoms with van der Waals surface area (Å²) in [6, 6.07) is 9.24. The Morgan fingerprint density at radius 3 is 2.56 bits per heavy atom. The number of nitrogens with zero attached hydrogens (tertiary/aromatic N) is 2. The molecular weight excluding hydrogens is 484 g/mol. The van der Waals surface area contributed by atoms with Crippen molar-refractivity contribution in [3.8, 4) is 11.5 Å². The number of carbonyl (C=O) groups is 3. The first kappa shape index (κ1) is 25.1. The number of thioether (sulfide) groups is 1. The number of likely N-dealkylation sites (N-methyl/N-ethyl adjacent to an activating group) is 1. The van der Waals surface area contributed by atoms with Crippen LogP contribution in [0.2, 0.25) is 5.02 Å². The number of hydrogen-bond donors (Lipinski definition) is 1. The molecule has 1 heterocycles. The summed E-state index contributed by atoms with van der Waals surface area (Å²) in [4.78, 5) is 41.6. The first-order valence-corrected chi connectivity index (χ1v) is 11.2. The van der Waals surface area contributed by atoms with E-state index < -0.39 is 11.9 Å². The van der Waals surface area contributed by atoms with Gasteiger partial charge in [0.25, 0.3) is 5.91 Å². The maximum Gasteiger partial charge on any atom is 0.344 e. The predicted octanol–water partition coefficient (Wildman–Crippen LogP) is 4.22. The van der Waals surface area contributed by atoms with Crippen LogP contribution < -0.4 is 9.47 Å². The fourth-order valence-corrected chi connectivity index (χ4v) is 4.15. The molecule has 1 N–H and O–H groups in total. The number of amidine groups is 1. The Hall–Kier alpha value is -3.50.